The Morgan fingerprint density at radius 2 is 2.24 bits per heavy atom. The number of alkyl halides is 3. The zero-order valence-corrected chi connectivity index (χ0v) is 9.44. The van der Waals surface area contributed by atoms with Crippen LogP contribution in [0.25, 0.3) is 0 Å². The van der Waals surface area contributed by atoms with E-state index in [1.54, 1.807) is 0 Å². The van der Waals surface area contributed by atoms with Crippen molar-refractivity contribution in [2.45, 2.75) is 18.6 Å². The molecule has 8 heteroatoms. The molecule has 0 bridgehead atoms. The first-order chi connectivity index (χ1) is 7.97. The summed E-state index contributed by atoms with van der Waals surface area (Å²) in [5, 5.41) is 5.43. The molecule has 0 radical (unpaired) electrons. The first-order valence-corrected chi connectivity index (χ1v) is 5.41. The lowest BCUT2D eigenvalue weighted by Crippen LogP contribution is -2.24. The van der Waals surface area contributed by atoms with Gasteiger partial charge in [-0.05, 0) is 13.0 Å². The second-order valence-electron chi connectivity index (χ2n) is 3.72. The van der Waals surface area contributed by atoms with Crippen molar-refractivity contribution in [3.05, 3.63) is 16.9 Å². The minimum atomic E-state index is -4.57. The smallest absolute Gasteiger partial charge is 0.350 e. The molecular formula is C9H10ClF3N4. The fourth-order valence-corrected chi connectivity index (χ4v) is 1.79. The summed E-state index contributed by atoms with van der Waals surface area (Å²) in [6.07, 6.45) is -2.78. The lowest BCUT2D eigenvalue weighted by molar-refractivity contribution is -0.141. The van der Waals surface area contributed by atoms with Gasteiger partial charge in [-0.2, -0.15) is 13.2 Å². The third-order valence-electron chi connectivity index (χ3n) is 2.41. The van der Waals surface area contributed by atoms with Gasteiger partial charge in [0.25, 0.3) is 0 Å². The van der Waals surface area contributed by atoms with E-state index in [2.05, 4.69) is 20.6 Å². The molecule has 1 saturated heterocycles. The van der Waals surface area contributed by atoms with E-state index in [0.717, 1.165) is 19.2 Å². The molecule has 0 amide bonds. The summed E-state index contributed by atoms with van der Waals surface area (Å²) in [4.78, 5) is 7.13. The lowest BCUT2D eigenvalue weighted by Gasteiger charge is -2.13. The van der Waals surface area contributed by atoms with Gasteiger partial charge in [0.15, 0.2) is 5.69 Å². The molecule has 2 heterocycles. The molecule has 1 fully saturated rings. The first kappa shape index (κ1) is 12.4. The maximum absolute atomic E-state index is 12.5. The Hall–Kier alpha value is -1.08. The van der Waals surface area contributed by atoms with Crippen molar-refractivity contribution < 1.29 is 13.2 Å². The molecule has 2 N–H and O–H groups in total. The lowest BCUT2D eigenvalue weighted by atomic mass is 10.3. The highest BCUT2D eigenvalue weighted by atomic mass is 35.5. The monoisotopic (exact) mass is 266 g/mol. The molecular weight excluding hydrogens is 257 g/mol. The Labute approximate surface area is 101 Å². The van der Waals surface area contributed by atoms with Gasteiger partial charge in [0, 0.05) is 12.6 Å². The molecule has 1 aromatic heterocycles. The minimum absolute atomic E-state index is 0.0459. The molecule has 0 spiro atoms. The van der Waals surface area contributed by atoms with E-state index in [-0.39, 0.29) is 12.0 Å². The van der Waals surface area contributed by atoms with Crippen LogP contribution >= 0.6 is 11.6 Å². The summed E-state index contributed by atoms with van der Waals surface area (Å²) in [6, 6.07) is 0.0530. The third-order valence-corrected chi connectivity index (χ3v) is 2.68. The minimum Gasteiger partial charge on any atom is -0.350 e. The van der Waals surface area contributed by atoms with Crippen LogP contribution in [0, 0.1) is 0 Å². The molecule has 1 atom stereocenters. The number of hydrogen-bond donors (Lipinski definition) is 2. The molecule has 0 unspecified atom stereocenters. The predicted octanol–water partition coefficient (Wildman–Crippen LogP) is 1.92. The molecule has 1 aliphatic rings. The summed E-state index contributed by atoms with van der Waals surface area (Å²) < 4.78 is 37.6. The van der Waals surface area contributed by atoms with Crippen LogP contribution < -0.4 is 10.6 Å². The van der Waals surface area contributed by atoms with Crippen LogP contribution in [0.15, 0.2) is 6.20 Å². The van der Waals surface area contributed by atoms with Crippen molar-refractivity contribution in [3.8, 4) is 0 Å². The molecule has 2 rings (SSSR count). The zero-order chi connectivity index (χ0) is 12.5. The molecule has 0 saturated carbocycles. The normalized spacial score (nSPS) is 20.6. The van der Waals surface area contributed by atoms with Crippen LogP contribution in [0.5, 0.6) is 0 Å². The van der Waals surface area contributed by atoms with Gasteiger partial charge in [0.05, 0.1) is 11.2 Å². The maximum atomic E-state index is 12.5. The van der Waals surface area contributed by atoms with Crippen molar-refractivity contribution in [1.82, 2.24) is 15.3 Å². The fourth-order valence-electron chi connectivity index (χ4n) is 1.60. The Kier molecular flexibility index (Phi) is 3.39. The number of halogens is 4. The first-order valence-electron chi connectivity index (χ1n) is 5.04. The van der Waals surface area contributed by atoms with Gasteiger partial charge in [0.1, 0.15) is 0 Å². The van der Waals surface area contributed by atoms with Crippen LogP contribution in [0.1, 0.15) is 12.1 Å². The van der Waals surface area contributed by atoms with Gasteiger partial charge in [-0.1, -0.05) is 11.6 Å². The molecule has 0 aliphatic carbocycles. The number of rotatable bonds is 2. The highest BCUT2D eigenvalue weighted by molar-refractivity contribution is 6.31. The standard InChI is InChI=1S/C9H10ClF3N4/c10-6-4-15-8(16-5-1-2-14-3-5)17-7(6)9(11,12)13/h4-5,14H,1-3H2,(H,15,16,17)/t5-/m1/s1. The van der Waals surface area contributed by atoms with E-state index < -0.39 is 16.9 Å². The average Bonchev–Trinajstić information content (AvgIpc) is 2.72. The van der Waals surface area contributed by atoms with E-state index in [1.807, 2.05) is 0 Å². The van der Waals surface area contributed by atoms with Crippen LogP contribution in [0.4, 0.5) is 19.1 Å². The number of nitrogens with one attached hydrogen (secondary N) is 2. The van der Waals surface area contributed by atoms with Gasteiger partial charge in [0.2, 0.25) is 5.95 Å². The van der Waals surface area contributed by atoms with Crippen molar-refractivity contribution in [3.63, 3.8) is 0 Å². The number of nitrogens with zero attached hydrogens (tertiary/aromatic N) is 2. The van der Waals surface area contributed by atoms with Gasteiger partial charge in [-0.15, -0.1) is 0 Å². The summed E-state index contributed by atoms with van der Waals surface area (Å²) in [5.41, 5.74) is -1.11. The number of anilines is 1. The molecule has 0 aromatic carbocycles. The van der Waals surface area contributed by atoms with Gasteiger partial charge < -0.3 is 10.6 Å². The molecule has 1 aliphatic heterocycles. The van der Waals surface area contributed by atoms with Crippen LogP contribution in [0.3, 0.4) is 0 Å². The molecule has 4 nitrogen and oxygen atoms in total. The second-order valence-corrected chi connectivity index (χ2v) is 4.13. The van der Waals surface area contributed by atoms with Gasteiger partial charge in [-0.3, -0.25) is 0 Å². The third kappa shape index (κ3) is 2.98. The fraction of sp³-hybridized carbons (Fsp3) is 0.556. The maximum Gasteiger partial charge on any atom is 0.435 e. The summed E-state index contributed by atoms with van der Waals surface area (Å²) in [5.74, 6) is -0.0459. The molecule has 17 heavy (non-hydrogen) atoms. The van der Waals surface area contributed by atoms with Crippen molar-refractivity contribution in [2.75, 3.05) is 18.4 Å². The highest BCUT2D eigenvalue weighted by Crippen LogP contribution is 2.33. The summed E-state index contributed by atoms with van der Waals surface area (Å²) in [6.45, 7) is 1.52. The Bertz CT molecular complexity index is 404. The average molecular weight is 267 g/mol. The second kappa shape index (κ2) is 4.66. The summed E-state index contributed by atoms with van der Waals surface area (Å²) in [7, 11) is 0. The predicted molar refractivity (Wildman–Crippen MR) is 56.9 cm³/mol. The van der Waals surface area contributed by atoms with Crippen LogP contribution in [0.2, 0.25) is 5.02 Å². The van der Waals surface area contributed by atoms with Crippen LogP contribution in [-0.4, -0.2) is 29.1 Å². The van der Waals surface area contributed by atoms with E-state index >= 15 is 0 Å². The zero-order valence-electron chi connectivity index (χ0n) is 8.68. The number of aromatic nitrogens is 2. The van der Waals surface area contributed by atoms with Crippen LogP contribution in [-0.2, 0) is 6.18 Å². The van der Waals surface area contributed by atoms with Crippen molar-refractivity contribution >= 4 is 17.5 Å². The van der Waals surface area contributed by atoms with E-state index in [1.165, 1.54) is 0 Å². The molecule has 94 valence electrons. The van der Waals surface area contributed by atoms with E-state index in [0.29, 0.717) is 6.54 Å². The van der Waals surface area contributed by atoms with Crippen molar-refractivity contribution in [1.29, 1.82) is 0 Å². The van der Waals surface area contributed by atoms with E-state index in [4.69, 9.17) is 11.6 Å². The van der Waals surface area contributed by atoms with E-state index in [9.17, 15) is 13.2 Å². The summed E-state index contributed by atoms with van der Waals surface area (Å²) >= 11 is 5.41. The highest BCUT2D eigenvalue weighted by Gasteiger charge is 2.36. The Morgan fingerprint density at radius 3 is 2.82 bits per heavy atom. The van der Waals surface area contributed by atoms with Gasteiger partial charge in [-0.25, -0.2) is 9.97 Å². The molecule has 1 aromatic rings. The largest absolute Gasteiger partial charge is 0.435 e. The quantitative estimate of drug-likeness (QED) is 0.859. The van der Waals surface area contributed by atoms with Gasteiger partial charge >= 0.3 is 6.18 Å². The Morgan fingerprint density at radius 1 is 1.47 bits per heavy atom. The topological polar surface area (TPSA) is 49.8 Å². The SMILES string of the molecule is FC(F)(F)c1nc(N[C@@H]2CCNC2)ncc1Cl. The Balaban J connectivity index is 2.18. The van der Waals surface area contributed by atoms with Crippen molar-refractivity contribution in [2.24, 2.45) is 0 Å². The number of hydrogen-bond acceptors (Lipinski definition) is 4.